The van der Waals surface area contributed by atoms with Gasteiger partial charge in [0.15, 0.2) is 0 Å². The van der Waals surface area contributed by atoms with Crippen molar-refractivity contribution in [1.29, 1.82) is 0 Å². The van der Waals surface area contributed by atoms with Gasteiger partial charge in [0.05, 0.1) is 31.1 Å². The molecule has 0 spiro atoms. The highest BCUT2D eigenvalue weighted by atomic mass is 16.3. The molecule has 1 N–H and O–H groups in total. The van der Waals surface area contributed by atoms with Crippen LogP contribution in [-0.2, 0) is 13.2 Å². The summed E-state index contributed by atoms with van der Waals surface area (Å²) in [6.45, 7) is 5.03. The molecule has 2 aromatic rings. The second-order valence-electron chi connectivity index (χ2n) is 4.46. The second-order valence-corrected chi connectivity index (χ2v) is 4.46. The lowest BCUT2D eigenvalue weighted by Gasteiger charge is -2.12. The monoisotopic (exact) mass is 248 g/mol. The number of nitrogens with zero attached hydrogens (tertiary/aromatic N) is 4. The summed E-state index contributed by atoms with van der Waals surface area (Å²) >= 11 is 0. The van der Waals surface area contributed by atoms with Crippen LogP contribution in [0, 0.1) is 0 Å². The molecular weight excluding hydrogens is 228 g/mol. The van der Waals surface area contributed by atoms with Crippen LogP contribution in [0.2, 0.25) is 0 Å². The Morgan fingerprint density at radius 1 is 1.33 bits per heavy atom. The van der Waals surface area contributed by atoms with Gasteiger partial charge in [-0.25, -0.2) is 0 Å². The minimum absolute atomic E-state index is 0.0299. The molecule has 0 aliphatic carbocycles. The molecule has 0 aliphatic rings. The maximum atomic E-state index is 8.98. The lowest BCUT2D eigenvalue weighted by molar-refractivity contribution is 0.281. The van der Waals surface area contributed by atoms with E-state index in [0.717, 1.165) is 24.1 Å². The van der Waals surface area contributed by atoms with E-state index in [9.17, 15) is 0 Å². The molecule has 0 saturated carbocycles. The van der Waals surface area contributed by atoms with E-state index in [1.807, 2.05) is 23.1 Å². The van der Waals surface area contributed by atoms with Crippen molar-refractivity contribution in [1.82, 2.24) is 19.6 Å². The number of aliphatic hydroxyl groups excluding tert-OH is 1. The standard InChI is InChI=1S/C13H20N4O/c1-3-13(4-2)17-6-5-12(15-17)9-16-8-11(10-18)7-14-16/h5-8,13,18H,3-4,9-10H2,1-2H3. The van der Waals surface area contributed by atoms with Crippen molar-refractivity contribution in [3.63, 3.8) is 0 Å². The molecule has 98 valence electrons. The Morgan fingerprint density at radius 3 is 2.72 bits per heavy atom. The third-order valence-corrected chi connectivity index (χ3v) is 3.17. The predicted octanol–water partition coefficient (Wildman–Crippen LogP) is 1.98. The zero-order valence-corrected chi connectivity index (χ0v) is 11.0. The molecule has 0 bridgehead atoms. The van der Waals surface area contributed by atoms with Crippen LogP contribution in [0.5, 0.6) is 0 Å². The summed E-state index contributed by atoms with van der Waals surface area (Å²) in [5.41, 5.74) is 1.82. The summed E-state index contributed by atoms with van der Waals surface area (Å²) in [7, 11) is 0. The summed E-state index contributed by atoms with van der Waals surface area (Å²) < 4.78 is 3.83. The first-order valence-corrected chi connectivity index (χ1v) is 6.43. The molecule has 0 aromatic carbocycles. The molecule has 0 radical (unpaired) electrons. The molecule has 0 fully saturated rings. The quantitative estimate of drug-likeness (QED) is 0.850. The fourth-order valence-electron chi connectivity index (χ4n) is 2.07. The van der Waals surface area contributed by atoms with Gasteiger partial charge in [0, 0.05) is 18.0 Å². The molecule has 2 heterocycles. The van der Waals surface area contributed by atoms with Gasteiger partial charge in [0.1, 0.15) is 0 Å². The summed E-state index contributed by atoms with van der Waals surface area (Å²) in [6, 6.07) is 2.50. The van der Waals surface area contributed by atoms with E-state index in [0.29, 0.717) is 12.6 Å². The van der Waals surface area contributed by atoms with Crippen LogP contribution < -0.4 is 0 Å². The van der Waals surface area contributed by atoms with Crippen LogP contribution in [0.25, 0.3) is 0 Å². The third kappa shape index (κ3) is 2.79. The topological polar surface area (TPSA) is 55.9 Å². The minimum Gasteiger partial charge on any atom is -0.392 e. The van der Waals surface area contributed by atoms with Gasteiger partial charge >= 0.3 is 0 Å². The SMILES string of the molecule is CCC(CC)n1ccc(Cn2cc(CO)cn2)n1. The van der Waals surface area contributed by atoms with Crippen LogP contribution >= 0.6 is 0 Å². The van der Waals surface area contributed by atoms with E-state index in [2.05, 4.69) is 24.0 Å². The predicted molar refractivity (Wildman–Crippen MR) is 69.1 cm³/mol. The number of aliphatic hydroxyl groups is 1. The largest absolute Gasteiger partial charge is 0.392 e. The highest BCUT2D eigenvalue weighted by Crippen LogP contribution is 2.14. The molecular formula is C13H20N4O. The number of aromatic nitrogens is 4. The van der Waals surface area contributed by atoms with E-state index >= 15 is 0 Å². The van der Waals surface area contributed by atoms with Crippen molar-refractivity contribution in [2.24, 2.45) is 0 Å². The van der Waals surface area contributed by atoms with Gasteiger partial charge in [-0.1, -0.05) is 13.8 Å². The molecule has 5 nitrogen and oxygen atoms in total. The van der Waals surface area contributed by atoms with Crippen LogP contribution in [0.3, 0.4) is 0 Å². The Labute approximate surface area is 107 Å². The van der Waals surface area contributed by atoms with E-state index in [-0.39, 0.29) is 6.61 Å². The van der Waals surface area contributed by atoms with Gasteiger partial charge in [-0.15, -0.1) is 0 Å². The van der Waals surface area contributed by atoms with Gasteiger partial charge in [-0.05, 0) is 18.9 Å². The average Bonchev–Trinajstić information content (AvgIpc) is 3.01. The fraction of sp³-hybridized carbons (Fsp3) is 0.538. The lowest BCUT2D eigenvalue weighted by atomic mass is 10.2. The van der Waals surface area contributed by atoms with Crippen molar-refractivity contribution >= 4 is 0 Å². The Bertz CT molecular complexity index is 485. The first-order valence-electron chi connectivity index (χ1n) is 6.43. The van der Waals surface area contributed by atoms with Crippen molar-refractivity contribution in [2.75, 3.05) is 0 Å². The number of rotatable bonds is 6. The second kappa shape index (κ2) is 5.82. The fourth-order valence-corrected chi connectivity index (χ4v) is 2.07. The molecule has 18 heavy (non-hydrogen) atoms. The summed E-state index contributed by atoms with van der Waals surface area (Å²) in [6.07, 6.45) is 7.74. The van der Waals surface area contributed by atoms with Crippen molar-refractivity contribution in [2.45, 2.75) is 45.9 Å². The van der Waals surface area contributed by atoms with Gasteiger partial charge < -0.3 is 5.11 Å². The smallest absolute Gasteiger partial charge is 0.0849 e. The molecule has 0 amide bonds. The van der Waals surface area contributed by atoms with Crippen LogP contribution in [0.15, 0.2) is 24.7 Å². The van der Waals surface area contributed by atoms with E-state index in [1.54, 1.807) is 10.9 Å². The average molecular weight is 248 g/mol. The van der Waals surface area contributed by atoms with E-state index in [4.69, 9.17) is 5.11 Å². The first-order chi connectivity index (χ1) is 8.76. The Morgan fingerprint density at radius 2 is 2.11 bits per heavy atom. The van der Waals surface area contributed by atoms with Gasteiger partial charge in [0.25, 0.3) is 0 Å². The summed E-state index contributed by atoms with van der Waals surface area (Å²) in [4.78, 5) is 0. The Hall–Kier alpha value is -1.62. The zero-order chi connectivity index (χ0) is 13.0. The minimum atomic E-state index is 0.0299. The molecule has 0 saturated heterocycles. The molecule has 2 aromatic heterocycles. The summed E-state index contributed by atoms with van der Waals surface area (Å²) in [5.74, 6) is 0. The summed E-state index contributed by atoms with van der Waals surface area (Å²) in [5, 5.41) is 17.7. The highest BCUT2D eigenvalue weighted by Gasteiger charge is 2.08. The maximum absolute atomic E-state index is 8.98. The first kappa shape index (κ1) is 12.8. The third-order valence-electron chi connectivity index (χ3n) is 3.17. The van der Waals surface area contributed by atoms with Gasteiger partial charge in [0.2, 0.25) is 0 Å². The van der Waals surface area contributed by atoms with Crippen LogP contribution in [0.1, 0.15) is 44.0 Å². The normalized spacial score (nSPS) is 11.3. The molecule has 5 heteroatoms. The van der Waals surface area contributed by atoms with E-state index in [1.165, 1.54) is 0 Å². The maximum Gasteiger partial charge on any atom is 0.0849 e. The molecule has 2 rings (SSSR count). The van der Waals surface area contributed by atoms with Crippen molar-refractivity contribution < 1.29 is 5.11 Å². The van der Waals surface area contributed by atoms with E-state index < -0.39 is 0 Å². The number of hydrogen-bond donors (Lipinski definition) is 1. The highest BCUT2D eigenvalue weighted by molar-refractivity contribution is 5.05. The molecule has 0 unspecified atom stereocenters. The van der Waals surface area contributed by atoms with Gasteiger partial charge in [-0.2, -0.15) is 10.2 Å². The Balaban J connectivity index is 2.06. The lowest BCUT2D eigenvalue weighted by Crippen LogP contribution is -2.09. The molecule has 0 aliphatic heterocycles. The van der Waals surface area contributed by atoms with Crippen molar-refractivity contribution in [3.05, 3.63) is 35.9 Å². The van der Waals surface area contributed by atoms with Crippen molar-refractivity contribution in [3.8, 4) is 0 Å². The number of hydrogen-bond acceptors (Lipinski definition) is 3. The van der Waals surface area contributed by atoms with Crippen LogP contribution in [0.4, 0.5) is 0 Å². The molecule has 0 atom stereocenters. The zero-order valence-electron chi connectivity index (χ0n) is 11.0. The van der Waals surface area contributed by atoms with Crippen LogP contribution in [-0.4, -0.2) is 24.7 Å². The Kier molecular flexibility index (Phi) is 4.15. The van der Waals surface area contributed by atoms with Gasteiger partial charge in [-0.3, -0.25) is 9.36 Å².